The molecule has 3 nitrogen and oxygen atoms in total. The van der Waals surface area contributed by atoms with Crippen molar-refractivity contribution in [2.24, 2.45) is 0 Å². The van der Waals surface area contributed by atoms with E-state index in [-0.39, 0.29) is 5.91 Å². The number of unbranched alkanes of at least 4 members (excludes halogenated alkanes) is 7. The average molecular weight is 319 g/mol. The van der Waals surface area contributed by atoms with Gasteiger partial charge in [0.15, 0.2) is 0 Å². The molecule has 0 bridgehead atoms. The minimum atomic E-state index is 0.148. The second kappa shape index (κ2) is 12.0. The summed E-state index contributed by atoms with van der Waals surface area (Å²) in [5.41, 5.74) is 7.17. The lowest BCUT2D eigenvalue weighted by molar-refractivity contribution is 0.0749. The number of benzene rings is 1. The van der Waals surface area contributed by atoms with Crippen LogP contribution >= 0.6 is 0 Å². The molecule has 130 valence electrons. The Hall–Kier alpha value is -1.51. The van der Waals surface area contributed by atoms with Crippen molar-refractivity contribution in [2.75, 3.05) is 18.8 Å². The standard InChI is InChI=1S/C20H34N2O/c1-3-5-7-8-9-11-17-22(16-10-6-4-2)20(23)18-12-14-19(21)15-13-18/h12-15H,3-11,16-17,21H2,1-2H3. The fourth-order valence-corrected chi connectivity index (χ4v) is 2.76. The lowest BCUT2D eigenvalue weighted by atomic mass is 10.1. The number of carbonyl (C=O) groups excluding carboxylic acids is 1. The van der Waals surface area contributed by atoms with Crippen molar-refractivity contribution < 1.29 is 4.79 Å². The first-order valence-electron chi connectivity index (χ1n) is 9.33. The van der Waals surface area contributed by atoms with Gasteiger partial charge in [-0.05, 0) is 37.1 Å². The Bertz CT molecular complexity index is 428. The maximum atomic E-state index is 12.7. The van der Waals surface area contributed by atoms with E-state index in [1.54, 1.807) is 0 Å². The number of nitrogen functional groups attached to an aromatic ring is 1. The minimum absolute atomic E-state index is 0.148. The number of carbonyl (C=O) groups is 1. The highest BCUT2D eigenvalue weighted by molar-refractivity contribution is 5.94. The predicted octanol–water partition coefficient (Wildman–Crippen LogP) is 5.26. The summed E-state index contributed by atoms with van der Waals surface area (Å²) in [6.45, 7) is 6.17. The van der Waals surface area contributed by atoms with Gasteiger partial charge in [0.2, 0.25) is 0 Å². The monoisotopic (exact) mass is 318 g/mol. The van der Waals surface area contributed by atoms with Crippen LogP contribution in [0.3, 0.4) is 0 Å². The number of nitrogens with two attached hydrogens (primary N) is 1. The molecule has 1 aromatic rings. The summed E-state index contributed by atoms with van der Waals surface area (Å²) in [5.74, 6) is 0.148. The Morgan fingerprint density at radius 3 is 1.91 bits per heavy atom. The van der Waals surface area contributed by atoms with Crippen LogP contribution in [0.5, 0.6) is 0 Å². The molecule has 0 aliphatic rings. The van der Waals surface area contributed by atoms with Gasteiger partial charge >= 0.3 is 0 Å². The van der Waals surface area contributed by atoms with E-state index >= 15 is 0 Å². The van der Waals surface area contributed by atoms with Gasteiger partial charge in [0.05, 0.1) is 0 Å². The van der Waals surface area contributed by atoms with Crippen molar-refractivity contribution in [3.05, 3.63) is 29.8 Å². The topological polar surface area (TPSA) is 46.3 Å². The Balaban J connectivity index is 2.49. The zero-order valence-electron chi connectivity index (χ0n) is 15.0. The highest BCUT2D eigenvalue weighted by atomic mass is 16.2. The third-order valence-corrected chi connectivity index (χ3v) is 4.26. The van der Waals surface area contributed by atoms with E-state index in [0.29, 0.717) is 5.69 Å². The van der Waals surface area contributed by atoms with Crippen LogP contribution in [0, 0.1) is 0 Å². The van der Waals surface area contributed by atoms with Crippen molar-refractivity contribution in [3.8, 4) is 0 Å². The number of hydrogen-bond acceptors (Lipinski definition) is 2. The van der Waals surface area contributed by atoms with E-state index < -0.39 is 0 Å². The van der Waals surface area contributed by atoms with E-state index in [2.05, 4.69) is 13.8 Å². The van der Waals surface area contributed by atoms with Gasteiger partial charge in [-0.1, -0.05) is 58.8 Å². The summed E-state index contributed by atoms with van der Waals surface area (Å²) >= 11 is 0. The molecule has 1 rings (SSSR count). The lowest BCUT2D eigenvalue weighted by Crippen LogP contribution is -2.33. The van der Waals surface area contributed by atoms with E-state index in [9.17, 15) is 4.79 Å². The summed E-state index contributed by atoms with van der Waals surface area (Å²) in [7, 11) is 0. The smallest absolute Gasteiger partial charge is 0.253 e. The van der Waals surface area contributed by atoms with Crippen molar-refractivity contribution in [1.82, 2.24) is 4.90 Å². The molecule has 2 N–H and O–H groups in total. The third kappa shape index (κ3) is 8.06. The molecule has 0 heterocycles. The molecular weight excluding hydrogens is 284 g/mol. The molecule has 0 saturated heterocycles. The normalized spacial score (nSPS) is 10.7. The van der Waals surface area contributed by atoms with Gasteiger partial charge in [-0.25, -0.2) is 0 Å². The molecule has 1 aromatic carbocycles. The predicted molar refractivity (Wildman–Crippen MR) is 99.7 cm³/mol. The first kappa shape index (κ1) is 19.5. The van der Waals surface area contributed by atoms with Crippen LogP contribution in [0.2, 0.25) is 0 Å². The molecule has 0 radical (unpaired) electrons. The SMILES string of the molecule is CCCCCCCCN(CCCCC)C(=O)c1ccc(N)cc1. The molecule has 0 spiro atoms. The summed E-state index contributed by atoms with van der Waals surface area (Å²) in [6.07, 6.45) is 11.0. The maximum Gasteiger partial charge on any atom is 0.253 e. The molecule has 1 amide bonds. The maximum absolute atomic E-state index is 12.7. The average Bonchev–Trinajstić information content (AvgIpc) is 2.56. The first-order chi connectivity index (χ1) is 11.2. The fourth-order valence-electron chi connectivity index (χ4n) is 2.76. The van der Waals surface area contributed by atoms with Crippen molar-refractivity contribution in [1.29, 1.82) is 0 Å². The quantitative estimate of drug-likeness (QED) is 0.422. The van der Waals surface area contributed by atoms with Crippen LogP contribution in [0.4, 0.5) is 5.69 Å². The van der Waals surface area contributed by atoms with Crippen molar-refractivity contribution >= 4 is 11.6 Å². The Morgan fingerprint density at radius 2 is 1.30 bits per heavy atom. The molecule has 23 heavy (non-hydrogen) atoms. The van der Waals surface area contributed by atoms with Gasteiger partial charge in [0, 0.05) is 24.3 Å². The molecule has 3 heteroatoms. The second-order valence-electron chi connectivity index (χ2n) is 6.39. The van der Waals surface area contributed by atoms with E-state index in [4.69, 9.17) is 5.73 Å². The Labute approximate surface area is 142 Å². The number of nitrogens with zero attached hydrogens (tertiary/aromatic N) is 1. The number of anilines is 1. The van der Waals surface area contributed by atoms with Gasteiger partial charge in [-0.3, -0.25) is 4.79 Å². The second-order valence-corrected chi connectivity index (χ2v) is 6.39. The van der Waals surface area contributed by atoms with Crippen molar-refractivity contribution in [2.45, 2.75) is 71.6 Å². The zero-order valence-corrected chi connectivity index (χ0v) is 15.0. The number of rotatable bonds is 12. The van der Waals surface area contributed by atoms with Crippen molar-refractivity contribution in [3.63, 3.8) is 0 Å². The highest BCUT2D eigenvalue weighted by Gasteiger charge is 2.14. The lowest BCUT2D eigenvalue weighted by Gasteiger charge is -2.23. The molecule has 0 aromatic heterocycles. The Kier molecular flexibility index (Phi) is 10.2. The first-order valence-corrected chi connectivity index (χ1v) is 9.33. The van der Waals surface area contributed by atoms with Gasteiger partial charge in [0.1, 0.15) is 0 Å². The van der Waals surface area contributed by atoms with Crippen LogP contribution in [0.15, 0.2) is 24.3 Å². The number of amides is 1. The van der Waals surface area contributed by atoms with Gasteiger partial charge in [-0.15, -0.1) is 0 Å². The molecule has 0 atom stereocenters. The molecule has 0 saturated carbocycles. The van der Waals surface area contributed by atoms with E-state index in [1.807, 2.05) is 29.2 Å². The summed E-state index contributed by atoms with van der Waals surface area (Å²) in [4.78, 5) is 14.7. The molecule has 0 fully saturated rings. The molecular formula is C20H34N2O. The molecule has 0 unspecified atom stereocenters. The summed E-state index contributed by atoms with van der Waals surface area (Å²) < 4.78 is 0. The highest BCUT2D eigenvalue weighted by Crippen LogP contribution is 2.12. The summed E-state index contributed by atoms with van der Waals surface area (Å²) in [6, 6.07) is 7.29. The summed E-state index contributed by atoms with van der Waals surface area (Å²) in [5, 5.41) is 0. The van der Waals surface area contributed by atoms with Gasteiger partial charge in [0.25, 0.3) is 5.91 Å². The minimum Gasteiger partial charge on any atom is -0.399 e. The number of hydrogen-bond donors (Lipinski definition) is 1. The largest absolute Gasteiger partial charge is 0.399 e. The fraction of sp³-hybridized carbons (Fsp3) is 0.650. The van der Waals surface area contributed by atoms with Gasteiger partial charge < -0.3 is 10.6 Å². The third-order valence-electron chi connectivity index (χ3n) is 4.26. The van der Waals surface area contributed by atoms with Crippen LogP contribution in [-0.2, 0) is 0 Å². The zero-order chi connectivity index (χ0) is 16.9. The van der Waals surface area contributed by atoms with E-state index in [1.165, 1.54) is 44.9 Å². The van der Waals surface area contributed by atoms with Crippen LogP contribution < -0.4 is 5.73 Å². The van der Waals surface area contributed by atoms with Gasteiger partial charge in [-0.2, -0.15) is 0 Å². The van der Waals surface area contributed by atoms with Crippen LogP contribution in [0.1, 0.15) is 82.0 Å². The van der Waals surface area contributed by atoms with Crippen LogP contribution in [-0.4, -0.2) is 23.9 Å². The molecule has 0 aliphatic heterocycles. The van der Waals surface area contributed by atoms with Crippen LogP contribution in [0.25, 0.3) is 0 Å². The Morgan fingerprint density at radius 1 is 0.826 bits per heavy atom. The molecule has 0 aliphatic carbocycles. The van der Waals surface area contributed by atoms with E-state index in [0.717, 1.165) is 31.5 Å².